The van der Waals surface area contributed by atoms with E-state index in [1.54, 1.807) is 26.8 Å². The molecule has 0 heterocycles. The number of hydrogen-bond donors (Lipinski definition) is 4. The number of methoxy groups -OCH3 is 1. The van der Waals surface area contributed by atoms with Gasteiger partial charge in [0, 0.05) is 6.54 Å². The van der Waals surface area contributed by atoms with Gasteiger partial charge in [-0.3, -0.25) is 19.2 Å². The first-order chi connectivity index (χ1) is 17.8. The van der Waals surface area contributed by atoms with Crippen molar-refractivity contribution in [2.45, 2.75) is 77.5 Å². The first-order valence-electron chi connectivity index (χ1n) is 12.5. The summed E-state index contributed by atoms with van der Waals surface area (Å²) in [5.41, 5.74) is 4.75. The number of nitrogens with one attached hydrogen (secondary N) is 2. The minimum Gasteiger partial charge on any atom is -0.508 e. The summed E-state index contributed by atoms with van der Waals surface area (Å²) in [5.74, 6) is -3.18. The second kappa shape index (κ2) is 15.4. The molecule has 2 unspecified atom stereocenters. The third-order valence-electron chi connectivity index (χ3n) is 5.31. The van der Waals surface area contributed by atoms with Gasteiger partial charge in [-0.05, 0) is 44.9 Å². The number of esters is 1. The average molecular weight is 537 g/mol. The van der Waals surface area contributed by atoms with Gasteiger partial charge in [-0.15, -0.1) is 0 Å². The van der Waals surface area contributed by atoms with Gasteiger partial charge >= 0.3 is 12.1 Å². The molecule has 0 radical (unpaired) electrons. The molecule has 38 heavy (non-hydrogen) atoms. The van der Waals surface area contributed by atoms with Crippen LogP contribution in [0.2, 0.25) is 0 Å². The number of primary amides is 1. The Hall–Kier alpha value is -3.83. The Kier molecular flexibility index (Phi) is 13.1. The summed E-state index contributed by atoms with van der Waals surface area (Å²) in [6.07, 6.45) is 1.58. The van der Waals surface area contributed by atoms with Gasteiger partial charge in [0.25, 0.3) is 0 Å². The number of amides is 4. The number of aromatic hydroxyl groups is 1. The summed E-state index contributed by atoms with van der Waals surface area (Å²) in [4.78, 5) is 64.4. The zero-order valence-corrected chi connectivity index (χ0v) is 22.7. The van der Waals surface area contributed by atoms with Crippen LogP contribution in [0.3, 0.4) is 0 Å². The largest absolute Gasteiger partial charge is 0.508 e. The summed E-state index contributed by atoms with van der Waals surface area (Å²) in [5, 5.41) is 14.9. The van der Waals surface area contributed by atoms with E-state index in [2.05, 4.69) is 15.4 Å². The van der Waals surface area contributed by atoms with E-state index in [1.165, 1.54) is 30.2 Å². The van der Waals surface area contributed by atoms with E-state index >= 15 is 0 Å². The molecule has 0 bridgehead atoms. The Balaban J connectivity index is 3.49. The lowest BCUT2D eigenvalue weighted by Gasteiger charge is -2.34. The normalized spacial score (nSPS) is 12.6. The molecule has 1 aromatic rings. The topological polar surface area (TPSA) is 177 Å². The first kappa shape index (κ1) is 32.2. The van der Waals surface area contributed by atoms with Crippen LogP contribution in [0.5, 0.6) is 5.75 Å². The zero-order valence-electron chi connectivity index (χ0n) is 22.7. The van der Waals surface area contributed by atoms with Crippen LogP contribution in [-0.4, -0.2) is 71.6 Å². The van der Waals surface area contributed by atoms with Crippen LogP contribution in [0.4, 0.5) is 4.79 Å². The molecular formula is C26H40N4O8. The van der Waals surface area contributed by atoms with Crippen LogP contribution in [0.15, 0.2) is 24.3 Å². The molecule has 212 valence electrons. The highest BCUT2D eigenvalue weighted by molar-refractivity contribution is 5.95. The van der Waals surface area contributed by atoms with Crippen molar-refractivity contribution in [2.24, 2.45) is 5.73 Å². The molecule has 4 amide bonds. The maximum Gasteiger partial charge on any atom is 0.408 e. The monoisotopic (exact) mass is 536 g/mol. The number of phenols is 1. The molecule has 12 heteroatoms. The van der Waals surface area contributed by atoms with Crippen molar-refractivity contribution in [3.8, 4) is 5.75 Å². The van der Waals surface area contributed by atoms with Gasteiger partial charge in [-0.1, -0.05) is 38.3 Å². The number of rotatable bonds is 14. The molecule has 0 aromatic heterocycles. The SMILES string of the molecule is CCCCCCN(C(=O)C(CC(N)=O)NC(=O)OC(C)(C)C)C(C(=O)NCC(=O)OC)c1cccc(O)c1. The molecule has 2 atom stereocenters. The van der Waals surface area contributed by atoms with Crippen molar-refractivity contribution < 1.29 is 38.6 Å². The van der Waals surface area contributed by atoms with Gasteiger partial charge in [0.2, 0.25) is 17.7 Å². The van der Waals surface area contributed by atoms with Gasteiger partial charge in [0.1, 0.15) is 30.0 Å². The molecule has 0 spiro atoms. The molecule has 0 aliphatic carbocycles. The van der Waals surface area contributed by atoms with Crippen molar-refractivity contribution in [1.29, 1.82) is 0 Å². The molecule has 0 saturated heterocycles. The lowest BCUT2D eigenvalue weighted by atomic mass is 10.0. The number of nitrogens with two attached hydrogens (primary N) is 1. The second-order valence-electron chi connectivity index (χ2n) is 9.75. The van der Waals surface area contributed by atoms with Crippen molar-refractivity contribution in [3.63, 3.8) is 0 Å². The fraction of sp³-hybridized carbons (Fsp3) is 0.577. The third-order valence-corrected chi connectivity index (χ3v) is 5.31. The number of nitrogens with zero attached hydrogens (tertiary/aromatic N) is 1. The molecule has 0 saturated carbocycles. The standard InChI is InChI=1S/C26H40N4O8/c1-6-7-8-9-13-30(24(35)19(15-20(27)32)29-25(36)38-26(2,3)4)22(17-11-10-12-18(31)14-17)23(34)28-16-21(33)37-5/h10-12,14,19,22,31H,6-9,13,15-16H2,1-5H3,(H2,27,32)(H,28,34)(H,29,36). The summed E-state index contributed by atoms with van der Waals surface area (Å²) < 4.78 is 9.83. The summed E-state index contributed by atoms with van der Waals surface area (Å²) >= 11 is 0. The Morgan fingerprint density at radius 2 is 1.79 bits per heavy atom. The maximum atomic E-state index is 13.9. The van der Waals surface area contributed by atoms with Crippen molar-refractivity contribution >= 4 is 29.8 Å². The van der Waals surface area contributed by atoms with Crippen LogP contribution in [0.1, 0.15) is 71.4 Å². The van der Waals surface area contributed by atoms with Gasteiger partial charge in [-0.2, -0.15) is 0 Å². The second-order valence-corrected chi connectivity index (χ2v) is 9.75. The fourth-order valence-corrected chi connectivity index (χ4v) is 3.62. The zero-order chi connectivity index (χ0) is 28.9. The van der Waals surface area contributed by atoms with Gasteiger partial charge in [-0.25, -0.2) is 4.79 Å². The number of phenolic OH excluding ortho intramolecular Hbond substituents is 1. The highest BCUT2D eigenvalue weighted by Crippen LogP contribution is 2.26. The summed E-state index contributed by atoms with van der Waals surface area (Å²) in [6.45, 7) is 6.56. The van der Waals surface area contributed by atoms with Crippen molar-refractivity contribution in [1.82, 2.24) is 15.5 Å². The molecule has 1 aromatic carbocycles. The van der Waals surface area contributed by atoms with Crippen LogP contribution in [0, 0.1) is 0 Å². The van der Waals surface area contributed by atoms with Crippen LogP contribution >= 0.6 is 0 Å². The van der Waals surface area contributed by atoms with Crippen molar-refractivity contribution in [2.75, 3.05) is 20.2 Å². The average Bonchev–Trinajstić information content (AvgIpc) is 2.81. The number of ether oxygens (including phenoxy) is 2. The van der Waals surface area contributed by atoms with Crippen molar-refractivity contribution in [3.05, 3.63) is 29.8 Å². The van der Waals surface area contributed by atoms with Gasteiger partial charge in [0.15, 0.2) is 0 Å². The van der Waals surface area contributed by atoms with Crippen LogP contribution in [-0.2, 0) is 28.7 Å². The summed E-state index contributed by atoms with van der Waals surface area (Å²) in [7, 11) is 1.17. The number of carbonyl (C=O) groups is 5. The Morgan fingerprint density at radius 1 is 1.11 bits per heavy atom. The Labute approximate surface area is 223 Å². The molecule has 5 N–H and O–H groups in total. The minimum absolute atomic E-state index is 0.0794. The van der Waals surface area contributed by atoms with Crippen LogP contribution in [0.25, 0.3) is 0 Å². The number of carbonyl (C=O) groups excluding carboxylic acids is 5. The van der Waals surface area contributed by atoms with Gasteiger partial charge in [0.05, 0.1) is 13.5 Å². The molecule has 0 aliphatic rings. The highest BCUT2D eigenvalue weighted by atomic mass is 16.6. The maximum absolute atomic E-state index is 13.9. The lowest BCUT2D eigenvalue weighted by Crippen LogP contribution is -2.54. The number of benzene rings is 1. The van der Waals surface area contributed by atoms with E-state index in [-0.39, 0.29) is 17.9 Å². The minimum atomic E-state index is -1.43. The van der Waals surface area contributed by atoms with E-state index in [1.807, 2.05) is 6.92 Å². The molecule has 0 aliphatic heterocycles. The quantitative estimate of drug-likeness (QED) is 0.206. The predicted octanol–water partition coefficient (Wildman–Crippen LogP) is 1.90. The van der Waals surface area contributed by atoms with E-state index in [0.717, 1.165) is 19.3 Å². The Morgan fingerprint density at radius 3 is 2.34 bits per heavy atom. The van der Waals surface area contributed by atoms with E-state index in [4.69, 9.17) is 10.5 Å². The highest BCUT2D eigenvalue weighted by Gasteiger charge is 2.37. The third kappa shape index (κ3) is 11.5. The summed E-state index contributed by atoms with van der Waals surface area (Å²) in [6, 6.07) is 3.03. The number of alkyl carbamates (subject to hydrolysis) is 1. The molecule has 0 fully saturated rings. The number of unbranched alkanes of at least 4 members (excludes halogenated alkanes) is 3. The molecule has 1 rings (SSSR count). The fourth-order valence-electron chi connectivity index (χ4n) is 3.62. The molecule has 12 nitrogen and oxygen atoms in total. The molecular weight excluding hydrogens is 496 g/mol. The van der Waals surface area contributed by atoms with Crippen LogP contribution < -0.4 is 16.4 Å². The first-order valence-corrected chi connectivity index (χ1v) is 12.5. The smallest absolute Gasteiger partial charge is 0.408 e. The van der Waals surface area contributed by atoms with E-state index in [0.29, 0.717) is 6.42 Å². The van der Waals surface area contributed by atoms with E-state index in [9.17, 15) is 29.1 Å². The predicted molar refractivity (Wildman–Crippen MR) is 139 cm³/mol. The number of hydrogen-bond acceptors (Lipinski definition) is 8. The lowest BCUT2D eigenvalue weighted by molar-refractivity contribution is -0.145. The Bertz CT molecular complexity index is 976. The van der Waals surface area contributed by atoms with Gasteiger partial charge < -0.3 is 35.8 Å². The van der Waals surface area contributed by atoms with E-state index < -0.39 is 60.4 Å².